The molecule has 0 saturated carbocycles. The summed E-state index contributed by atoms with van der Waals surface area (Å²) in [5.41, 5.74) is 8.39. The fourth-order valence-electron chi connectivity index (χ4n) is 0.879. The summed E-state index contributed by atoms with van der Waals surface area (Å²) in [6, 6.07) is 4.58. The number of rotatable bonds is 1. The van der Waals surface area contributed by atoms with Crippen molar-refractivity contribution in [3.8, 4) is 0 Å². The van der Waals surface area contributed by atoms with Gasteiger partial charge in [-0.1, -0.05) is 6.07 Å². The van der Waals surface area contributed by atoms with Crippen molar-refractivity contribution in [1.29, 1.82) is 0 Å². The molecule has 0 atom stereocenters. The minimum Gasteiger partial charge on any atom is -0.369 e. The third kappa shape index (κ3) is 2.16. The van der Waals surface area contributed by atoms with Crippen LogP contribution in [0, 0.1) is 12.7 Å². The lowest BCUT2D eigenvalue weighted by atomic mass is 10.2. The highest BCUT2D eigenvalue weighted by atomic mass is 19.1. The Labute approximate surface area is 75.4 Å². The van der Waals surface area contributed by atoms with E-state index in [1.165, 1.54) is 6.07 Å². The molecule has 0 bridgehead atoms. The van der Waals surface area contributed by atoms with Crippen molar-refractivity contribution in [3.05, 3.63) is 29.6 Å². The van der Waals surface area contributed by atoms with Crippen molar-refractivity contribution in [2.75, 3.05) is 0 Å². The molecule has 0 aliphatic rings. The number of halogens is 1. The van der Waals surface area contributed by atoms with Gasteiger partial charge in [0.2, 0.25) is 5.96 Å². The summed E-state index contributed by atoms with van der Waals surface area (Å²) in [6.07, 6.45) is 0. The lowest BCUT2D eigenvalue weighted by Crippen LogP contribution is -2.36. The van der Waals surface area contributed by atoms with Gasteiger partial charge in [-0.3, -0.25) is 5.43 Å². The van der Waals surface area contributed by atoms with Crippen LogP contribution in [0.25, 0.3) is 0 Å². The Morgan fingerprint density at radius 1 is 1.54 bits per heavy atom. The van der Waals surface area contributed by atoms with E-state index < -0.39 is 0 Å². The fraction of sp³-hybridized carbons (Fsp3) is 0.125. The smallest absolute Gasteiger partial charge is 0.208 e. The van der Waals surface area contributed by atoms with Gasteiger partial charge in [-0.2, -0.15) is 0 Å². The molecule has 4 nitrogen and oxygen atoms in total. The molecule has 0 spiro atoms. The second-order valence-corrected chi connectivity index (χ2v) is 2.53. The summed E-state index contributed by atoms with van der Waals surface area (Å²) in [4.78, 5) is 3.86. The molecule has 0 heterocycles. The van der Waals surface area contributed by atoms with E-state index in [-0.39, 0.29) is 11.8 Å². The molecule has 13 heavy (non-hydrogen) atoms. The predicted octanol–water partition coefficient (Wildman–Crippen LogP) is 0.544. The Morgan fingerprint density at radius 3 is 2.85 bits per heavy atom. The zero-order chi connectivity index (χ0) is 9.84. The average Bonchev–Trinajstić information content (AvgIpc) is 2.13. The molecular weight excluding hydrogens is 171 g/mol. The summed E-state index contributed by atoms with van der Waals surface area (Å²) in [5.74, 6) is 4.74. The van der Waals surface area contributed by atoms with Crippen LogP contribution in [0.15, 0.2) is 23.2 Å². The molecule has 0 radical (unpaired) electrons. The van der Waals surface area contributed by atoms with Gasteiger partial charge in [0.15, 0.2) is 0 Å². The van der Waals surface area contributed by atoms with Crippen LogP contribution in [0.1, 0.15) is 5.56 Å². The molecule has 70 valence electrons. The molecule has 1 rings (SSSR count). The van der Waals surface area contributed by atoms with E-state index in [1.54, 1.807) is 19.1 Å². The molecule has 0 aromatic heterocycles. The minimum absolute atomic E-state index is 0.0497. The van der Waals surface area contributed by atoms with Crippen molar-refractivity contribution < 1.29 is 4.39 Å². The molecule has 0 amide bonds. The monoisotopic (exact) mass is 182 g/mol. The Balaban J connectivity index is 3.09. The molecule has 5 N–H and O–H groups in total. The second kappa shape index (κ2) is 3.86. The molecule has 0 aliphatic carbocycles. The van der Waals surface area contributed by atoms with Gasteiger partial charge in [0.1, 0.15) is 5.82 Å². The van der Waals surface area contributed by atoms with Crippen LogP contribution in [0.4, 0.5) is 10.1 Å². The first-order valence-electron chi connectivity index (χ1n) is 3.71. The molecule has 0 unspecified atom stereocenters. The number of nitrogens with two attached hydrogens (primary N) is 2. The minimum atomic E-state index is -0.314. The Kier molecular flexibility index (Phi) is 2.81. The molecule has 5 heteroatoms. The summed E-state index contributed by atoms with van der Waals surface area (Å²) >= 11 is 0. The predicted molar refractivity (Wildman–Crippen MR) is 49.7 cm³/mol. The van der Waals surface area contributed by atoms with Gasteiger partial charge in [-0.05, 0) is 19.1 Å². The molecule has 1 aromatic carbocycles. The van der Waals surface area contributed by atoms with E-state index in [2.05, 4.69) is 10.4 Å². The summed E-state index contributed by atoms with van der Waals surface area (Å²) < 4.78 is 13.0. The summed E-state index contributed by atoms with van der Waals surface area (Å²) in [6.45, 7) is 1.62. The third-order valence-electron chi connectivity index (χ3n) is 1.63. The van der Waals surface area contributed by atoms with Gasteiger partial charge in [-0.25, -0.2) is 15.2 Å². The number of nitrogens with zero attached hydrogens (tertiary/aromatic N) is 1. The maximum Gasteiger partial charge on any atom is 0.208 e. The normalized spacial score (nSPS) is 11.5. The lowest BCUT2D eigenvalue weighted by molar-refractivity contribution is 0.619. The number of hydrogen-bond donors (Lipinski definition) is 3. The Morgan fingerprint density at radius 2 is 2.23 bits per heavy atom. The highest BCUT2D eigenvalue weighted by molar-refractivity contribution is 5.80. The van der Waals surface area contributed by atoms with E-state index in [0.29, 0.717) is 11.3 Å². The van der Waals surface area contributed by atoms with Crippen LogP contribution < -0.4 is 17.0 Å². The fourth-order valence-corrected chi connectivity index (χ4v) is 0.879. The first kappa shape index (κ1) is 9.47. The molecule has 0 aliphatic heterocycles. The standard InChI is InChI=1S/C8H11FN4/c1-5-6(9)3-2-4-7(5)12-8(10)13-11/h2-4H,11H2,1H3,(H3,10,12,13). The number of aliphatic imine (C=N–C) groups is 1. The second-order valence-electron chi connectivity index (χ2n) is 2.53. The number of guanidine groups is 1. The quantitative estimate of drug-likeness (QED) is 0.257. The van der Waals surface area contributed by atoms with Crippen LogP contribution >= 0.6 is 0 Å². The van der Waals surface area contributed by atoms with Crippen LogP contribution in [-0.4, -0.2) is 5.96 Å². The van der Waals surface area contributed by atoms with Crippen LogP contribution in [0.2, 0.25) is 0 Å². The van der Waals surface area contributed by atoms with E-state index >= 15 is 0 Å². The van der Waals surface area contributed by atoms with Crippen molar-refractivity contribution in [3.63, 3.8) is 0 Å². The maximum atomic E-state index is 13.0. The average molecular weight is 182 g/mol. The molecule has 0 saturated heterocycles. The van der Waals surface area contributed by atoms with E-state index in [1.807, 2.05) is 0 Å². The van der Waals surface area contributed by atoms with Gasteiger partial charge in [-0.15, -0.1) is 0 Å². The van der Waals surface area contributed by atoms with Gasteiger partial charge in [0.25, 0.3) is 0 Å². The van der Waals surface area contributed by atoms with Gasteiger partial charge >= 0.3 is 0 Å². The van der Waals surface area contributed by atoms with Crippen LogP contribution in [-0.2, 0) is 0 Å². The number of hydrogen-bond acceptors (Lipinski definition) is 2. The van der Waals surface area contributed by atoms with Gasteiger partial charge in [0.05, 0.1) is 5.69 Å². The van der Waals surface area contributed by atoms with E-state index in [4.69, 9.17) is 11.6 Å². The number of hydrazine groups is 1. The Bertz CT molecular complexity index is 335. The van der Waals surface area contributed by atoms with Gasteiger partial charge in [0, 0.05) is 5.56 Å². The first-order valence-corrected chi connectivity index (χ1v) is 3.71. The number of nitrogens with one attached hydrogen (secondary N) is 1. The molecule has 1 aromatic rings. The zero-order valence-electron chi connectivity index (χ0n) is 7.21. The first-order chi connectivity index (χ1) is 6.15. The third-order valence-corrected chi connectivity index (χ3v) is 1.63. The van der Waals surface area contributed by atoms with Gasteiger partial charge < -0.3 is 5.73 Å². The van der Waals surface area contributed by atoms with Crippen LogP contribution in [0.3, 0.4) is 0 Å². The van der Waals surface area contributed by atoms with Crippen molar-refractivity contribution in [1.82, 2.24) is 5.43 Å². The van der Waals surface area contributed by atoms with Crippen molar-refractivity contribution >= 4 is 11.6 Å². The zero-order valence-corrected chi connectivity index (χ0v) is 7.21. The Hall–Kier alpha value is -1.62. The highest BCUT2D eigenvalue weighted by Crippen LogP contribution is 2.19. The molecule has 0 fully saturated rings. The topological polar surface area (TPSA) is 76.4 Å². The van der Waals surface area contributed by atoms with Crippen molar-refractivity contribution in [2.24, 2.45) is 16.6 Å². The largest absolute Gasteiger partial charge is 0.369 e. The van der Waals surface area contributed by atoms with E-state index in [0.717, 1.165) is 0 Å². The molecular formula is C8H11FN4. The van der Waals surface area contributed by atoms with Crippen molar-refractivity contribution in [2.45, 2.75) is 6.92 Å². The number of benzene rings is 1. The summed E-state index contributed by atoms with van der Waals surface area (Å²) in [7, 11) is 0. The SMILES string of the molecule is Cc1c(F)cccc1N=C(N)NN. The highest BCUT2D eigenvalue weighted by Gasteiger charge is 2.01. The maximum absolute atomic E-state index is 13.0. The summed E-state index contributed by atoms with van der Waals surface area (Å²) in [5, 5.41) is 0. The lowest BCUT2D eigenvalue weighted by Gasteiger charge is -2.02. The van der Waals surface area contributed by atoms with E-state index in [9.17, 15) is 4.39 Å². The van der Waals surface area contributed by atoms with Crippen LogP contribution in [0.5, 0.6) is 0 Å².